The van der Waals surface area contributed by atoms with E-state index < -0.39 is 5.82 Å². The highest BCUT2D eigenvalue weighted by atomic mass is 19.1. The predicted octanol–water partition coefficient (Wildman–Crippen LogP) is 2.93. The van der Waals surface area contributed by atoms with Gasteiger partial charge in [-0.15, -0.1) is 0 Å². The third-order valence-electron chi connectivity index (χ3n) is 3.35. The maximum atomic E-state index is 13.2. The van der Waals surface area contributed by atoms with E-state index in [4.69, 9.17) is 4.74 Å². The standard InChI is InChI=1S/C16H13F2NO2/c17-12-3-1-11(2-4-12)9-16(20)19-7-8-21-15-10-13(18)5-6-14(15)19/h1-6,10H,7-9H2. The number of halogens is 2. The first kappa shape index (κ1) is 13.5. The van der Waals surface area contributed by atoms with Crippen molar-refractivity contribution in [1.82, 2.24) is 0 Å². The van der Waals surface area contributed by atoms with Crippen LogP contribution in [0.25, 0.3) is 0 Å². The van der Waals surface area contributed by atoms with Crippen LogP contribution in [0.3, 0.4) is 0 Å². The summed E-state index contributed by atoms with van der Waals surface area (Å²) in [4.78, 5) is 14.0. The zero-order valence-corrected chi connectivity index (χ0v) is 11.2. The number of ether oxygens (including phenoxy) is 1. The molecule has 0 radical (unpaired) electrons. The molecule has 0 saturated carbocycles. The van der Waals surface area contributed by atoms with Crippen LogP contribution in [-0.4, -0.2) is 19.1 Å². The van der Waals surface area contributed by atoms with E-state index in [2.05, 4.69) is 0 Å². The fourth-order valence-electron chi connectivity index (χ4n) is 2.33. The summed E-state index contributed by atoms with van der Waals surface area (Å²) in [7, 11) is 0. The predicted molar refractivity (Wildman–Crippen MR) is 74.4 cm³/mol. The average molecular weight is 289 g/mol. The van der Waals surface area contributed by atoms with E-state index in [1.165, 1.54) is 30.3 Å². The maximum Gasteiger partial charge on any atom is 0.231 e. The van der Waals surface area contributed by atoms with E-state index in [-0.39, 0.29) is 18.1 Å². The van der Waals surface area contributed by atoms with E-state index in [0.29, 0.717) is 24.6 Å². The van der Waals surface area contributed by atoms with E-state index >= 15 is 0 Å². The number of hydrogen-bond acceptors (Lipinski definition) is 2. The van der Waals surface area contributed by atoms with Crippen molar-refractivity contribution >= 4 is 11.6 Å². The monoisotopic (exact) mass is 289 g/mol. The molecule has 1 aliphatic heterocycles. The Kier molecular flexibility index (Phi) is 3.56. The van der Waals surface area contributed by atoms with E-state index in [0.717, 1.165) is 5.56 Å². The summed E-state index contributed by atoms with van der Waals surface area (Å²) >= 11 is 0. The minimum atomic E-state index is -0.401. The van der Waals surface area contributed by atoms with Gasteiger partial charge in [-0.05, 0) is 29.8 Å². The Labute approximate surface area is 120 Å². The maximum absolute atomic E-state index is 13.2. The number of carbonyl (C=O) groups is 1. The second kappa shape index (κ2) is 5.52. The molecule has 0 bridgehead atoms. The number of anilines is 1. The topological polar surface area (TPSA) is 29.5 Å². The highest BCUT2D eigenvalue weighted by Gasteiger charge is 2.24. The molecule has 108 valence electrons. The molecule has 0 fully saturated rings. The van der Waals surface area contributed by atoms with Gasteiger partial charge in [0.1, 0.15) is 24.0 Å². The number of fused-ring (bicyclic) bond motifs is 1. The Bertz CT molecular complexity index is 670. The molecule has 0 aliphatic carbocycles. The average Bonchev–Trinajstić information content (AvgIpc) is 2.48. The van der Waals surface area contributed by atoms with Crippen molar-refractivity contribution in [1.29, 1.82) is 0 Å². The van der Waals surface area contributed by atoms with Crippen molar-refractivity contribution in [3.8, 4) is 5.75 Å². The molecule has 3 rings (SSSR count). The summed E-state index contributed by atoms with van der Waals surface area (Å²) in [5.41, 5.74) is 1.30. The molecule has 2 aromatic carbocycles. The summed E-state index contributed by atoms with van der Waals surface area (Å²) in [6.07, 6.45) is 0.164. The second-order valence-electron chi connectivity index (χ2n) is 4.81. The molecule has 2 aromatic rings. The lowest BCUT2D eigenvalue weighted by molar-refractivity contribution is -0.118. The normalized spacial score (nSPS) is 13.5. The minimum Gasteiger partial charge on any atom is -0.489 e. The number of carbonyl (C=O) groups excluding carboxylic acids is 1. The number of hydrogen-bond donors (Lipinski definition) is 0. The van der Waals surface area contributed by atoms with Gasteiger partial charge in [0.25, 0.3) is 0 Å². The fourth-order valence-corrected chi connectivity index (χ4v) is 2.33. The SMILES string of the molecule is O=C(Cc1ccc(F)cc1)N1CCOc2cc(F)ccc21. The summed E-state index contributed by atoms with van der Waals surface area (Å²) in [5.74, 6) is -0.494. The van der Waals surface area contributed by atoms with Crippen molar-refractivity contribution in [3.05, 3.63) is 59.7 Å². The van der Waals surface area contributed by atoms with E-state index in [1.807, 2.05) is 0 Å². The van der Waals surface area contributed by atoms with Gasteiger partial charge in [0.15, 0.2) is 0 Å². The van der Waals surface area contributed by atoms with E-state index in [9.17, 15) is 13.6 Å². The Morgan fingerprint density at radius 3 is 2.57 bits per heavy atom. The number of rotatable bonds is 2. The van der Waals surface area contributed by atoms with Crippen molar-refractivity contribution in [3.63, 3.8) is 0 Å². The first-order valence-electron chi connectivity index (χ1n) is 6.60. The summed E-state index contributed by atoms with van der Waals surface area (Å²) in [5, 5.41) is 0. The molecule has 0 N–H and O–H groups in total. The third kappa shape index (κ3) is 2.86. The molecular weight excluding hydrogens is 276 g/mol. The Hall–Kier alpha value is -2.43. The number of amides is 1. The van der Waals surface area contributed by atoms with Gasteiger partial charge in [0.05, 0.1) is 18.7 Å². The van der Waals surface area contributed by atoms with E-state index in [1.54, 1.807) is 17.0 Å². The quantitative estimate of drug-likeness (QED) is 0.850. The molecule has 1 aliphatic rings. The highest BCUT2D eigenvalue weighted by molar-refractivity contribution is 5.96. The van der Waals surface area contributed by atoms with Gasteiger partial charge in [-0.25, -0.2) is 8.78 Å². The van der Waals surface area contributed by atoms with Crippen LogP contribution < -0.4 is 9.64 Å². The Balaban J connectivity index is 1.81. The molecule has 0 unspecified atom stereocenters. The molecule has 5 heteroatoms. The summed E-state index contributed by atoms with van der Waals surface area (Å²) < 4.78 is 31.4. The lowest BCUT2D eigenvalue weighted by Crippen LogP contribution is -2.38. The van der Waals surface area contributed by atoms with Crippen molar-refractivity contribution in [2.24, 2.45) is 0 Å². The molecular formula is C16H13F2NO2. The molecule has 1 amide bonds. The lowest BCUT2D eigenvalue weighted by atomic mass is 10.1. The molecule has 3 nitrogen and oxygen atoms in total. The van der Waals surface area contributed by atoms with Crippen molar-refractivity contribution in [2.75, 3.05) is 18.1 Å². The zero-order valence-electron chi connectivity index (χ0n) is 11.2. The van der Waals surface area contributed by atoms with Crippen LogP contribution in [0.15, 0.2) is 42.5 Å². The van der Waals surface area contributed by atoms with Crippen LogP contribution in [0.1, 0.15) is 5.56 Å². The van der Waals surface area contributed by atoms with Crippen LogP contribution in [0.5, 0.6) is 5.75 Å². The number of benzene rings is 2. The van der Waals surface area contributed by atoms with Crippen LogP contribution in [-0.2, 0) is 11.2 Å². The van der Waals surface area contributed by atoms with Gasteiger partial charge < -0.3 is 9.64 Å². The molecule has 0 saturated heterocycles. The fraction of sp³-hybridized carbons (Fsp3) is 0.188. The van der Waals surface area contributed by atoms with Crippen LogP contribution in [0, 0.1) is 11.6 Å². The van der Waals surface area contributed by atoms with Crippen molar-refractivity contribution in [2.45, 2.75) is 6.42 Å². The van der Waals surface area contributed by atoms with Gasteiger partial charge >= 0.3 is 0 Å². The van der Waals surface area contributed by atoms with Crippen LogP contribution in [0.2, 0.25) is 0 Å². The largest absolute Gasteiger partial charge is 0.489 e. The lowest BCUT2D eigenvalue weighted by Gasteiger charge is -2.29. The zero-order chi connectivity index (χ0) is 14.8. The van der Waals surface area contributed by atoms with Crippen LogP contribution >= 0.6 is 0 Å². The van der Waals surface area contributed by atoms with Gasteiger partial charge in [-0.1, -0.05) is 12.1 Å². The Morgan fingerprint density at radius 2 is 1.81 bits per heavy atom. The van der Waals surface area contributed by atoms with Gasteiger partial charge in [0, 0.05) is 6.07 Å². The van der Waals surface area contributed by atoms with Gasteiger partial charge in [-0.2, -0.15) is 0 Å². The van der Waals surface area contributed by atoms with Crippen LogP contribution in [0.4, 0.5) is 14.5 Å². The summed E-state index contributed by atoms with van der Waals surface area (Å²) in [6.45, 7) is 0.740. The molecule has 0 atom stereocenters. The Morgan fingerprint density at radius 1 is 1.10 bits per heavy atom. The molecule has 0 spiro atoms. The highest BCUT2D eigenvalue weighted by Crippen LogP contribution is 2.32. The molecule has 1 heterocycles. The first-order valence-corrected chi connectivity index (χ1v) is 6.60. The second-order valence-corrected chi connectivity index (χ2v) is 4.81. The van der Waals surface area contributed by atoms with Gasteiger partial charge in [0.2, 0.25) is 5.91 Å². The molecule has 0 aromatic heterocycles. The number of nitrogens with zero attached hydrogens (tertiary/aromatic N) is 1. The summed E-state index contributed by atoms with van der Waals surface area (Å²) in [6, 6.07) is 9.92. The third-order valence-corrected chi connectivity index (χ3v) is 3.35. The molecule has 21 heavy (non-hydrogen) atoms. The first-order chi connectivity index (χ1) is 10.1. The minimum absolute atomic E-state index is 0.127. The smallest absolute Gasteiger partial charge is 0.231 e. The van der Waals surface area contributed by atoms with Crippen molar-refractivity contribution < 1.29 is 18.3 Å². The van der Waals surface area contributed by atoms with Gasteiger partial charge in [-0.3, -0.25) is 4.79 Å².